The van der Waals surface area contributed by atoms with Crippen molar-refractivity contribution in [1.29, 1.82) is 0 Å². The SMILES string of the molecule is CCCCN1CC(C)(O)CNCC1(C)C. The molecule has 0 spiro atoms. The summed E-state index contributed by atoms with van der Waals surface area (Å²) in [7, 11) is 0. The summed E-state index contributed by atoms with van der Waals surface area (Å²) in [5, 5.41) is 13.5. The van der Waals surface area contributed by atoms with Gasteiger partial charge in [0, 0.05) is 25.2 Å². The zero-order valence-electron chi connectivity index (χ0n) is 10.6. The van der Waals surface area contributed by atoms with Gasteiger partial charge in [0.2, 0.25) is 0 Å². The first kappa shape index (κ1) is 12.9. The van der Waals surface area contributed by atoms with Gasteiger partial charge in [0.15, 0.2) is 0 Å². The maximum Gasteiger partial charge on any atom is 0.0869 e. The Kier molecular flexibility index (Phi) is 4.15. The maximum absolute atomic E-state index is 10.2. The van der Waals surface area contributed by atoms with Gasteiger partial charge in [-0.2, -0.15) is 0 Å². The summed E-state index contributed by atoms with van der Waals surface area (Å²) in [6, 6.07) is 0. The Labute approximate surface area is 93.9 Å². The lowest BCUT2D eigenvalue weighted by Gasteiger charge is -2.38. The van der Waals surface area contributed by atoms with Crippen LogP contribution in [-0.4, -0.2) is 47.3 Å². The van der Waals surface area contributed by atoms with Gasteiger partial charge in [-0.05, 0) is 33.7 Å². The van der Waals surface area contributed by atoms with Crippen molar-refractivity contribution in [3.05, 3.63) is 0 Å². The highest BCUT2D eigenvalue weighted by Crippen LogP contribution is 2.21. The molecular weight excluding hydrogens is 188 g/mol. The summed E-state index contributed by atoms with van der Waals surface area (Å²) in [5.74, 6) is 0. The number of rotatable bonds is 3. The van der Waals surface area contributed by atoms with Crippen LogP contribution in [0.2, 0.25) is 0 Å². The highest BCUT2D eigenvalue weighted by atomic mass is 16.3. The normalized spacial score (nSPS) is 32.6. The smallest absolute Gasteiger partial charge is 0.0869 e. The van der Waals surface area contributed by atoms with E-state index in [0.717, 1.165) is 19.6 Å². The van der Waals surface area contributed by atoms with Crippen LogP contribution >= 0.6 is 0 Å². The number of unbranched alkanes of at least 4 members (excludes halogenated alkanes) is 1. The van der Waals surface area contributed by atoms with E-state index < -0.39 is 5.60 Å². The molecule has 1 saturated heterocycles. The molecule has 3 nitrogen and oxygen atoms in total. The van der Waals surface area contributed by atoms with E-state index in [2.05, 4.69) is 31.0 Å². The second kappa shape index (κ2) is 4.81. The van der Waals surface area contributed by atoms with Crippen LogP contribution in [0.15, 0.2) is 0 Å². The molecule has 0 saturated carbocycles. The fourth-order valence-electron chi connectivity index (χ4n) is 2.16. The van der Waals surface area contributed by atoms with Crippen LogP contribution in [0.5, 0.6) is 0 Å². The number of hydrogen-bond acceptors (Lipinski definition) is 3. The third kappa shape index (κ3) is 3.74. The average molecular weight is 214 g/mol. The summed E-state index contributed by atoms with van der Waals surface area (Å²) in [5.41, 5.74) is -0.447. The second-order valence-corrected chi connectivity index (χ2v) is 5.69. The van der Waals surface area contributed by atoms with Crippen LogP contribution in [0.25, 0.3) is 0 Å². The Morgan fingerprint density at radius 2 is 1.93 bits per heavy atom. The highest BCUT2D eigenvalue weighted by molar-refractivity contribution is 4.93. The maximum atomic E-state index is 10.2. The van der Waals surface area contributed by atoms with Gasteiger partial charge in [-0.1, -0.05) is 13.3 Å². The Balaban J connectivity index is 2.67. The minimum Gasteiger partial charge on any atom is -0.388 e. The van der Waals surface area contributed by atoms with Crippen LogP contribution in [0.1, 0.15) is 40.5 Å². The molecule has 90 valence electrons. The van der Waals surface area contributed by atoms with Gasteiger partial charge in [0.05, 0.1) is 5.60 Å². The number of hydrogen-bond donors (Lipinski definition) is 2. The number of aliphatic hydroxyl groups is 1. The van der Waals surface area contributed by atoms with E-state index in [0.29, 0.717) is 6.54 Å². The van der Waals surface area contributed by atoms with Crippen molar-refractivity contribution >= 4 is 0 Å². The molecule has 1 fully saturated rings. The van der Waals surface area contributed by atoms with E-state index in [1.54, 1.807) is 0 Å². The fraction of sp³-hybridized carbons (Fsp3) is 1.00. The van der Waals surface area contributed by atoms with Gasteiger partial charge < -0.3 is 10.4 Å². The number of nitrogens with zero attached hydrogens (tertiary/aromatic N) is 1. The van der Waals surface area contributed by atoms with E-state index in [9.17, 15) is 5.11 Å². The molecule has 1 aliphatic heterocycles. The van der Waals surface area contributed by atoms with Gasteiger partial charge in [-0.25, -0.2) is 0 Å². The molecule has 1 rings (SSSR count). The molecule has 0 aliphatic carbocycles. The van der Waals surface area contributed by atoms with Crippen LogP contribution < -0.4 is 5.32 Å². The van der Waals surface area contributed by atoms with E-state index >= 15 is 0 Å². The first-order valence-corrected chi connectivity index (χ1v) is 6.05. The monoisotopic (exact) mass is 214 g/mol. The molecule has 1 unspecified atom stereocenters. The minimum absolute atomic E-state index is 0.148. The summed E-state index contributed by atoms with van der Waals surface area (Å²) in [6.45, 7) is 12.1. The molecule has 15 heavy (non-hydrogen) atoms. The van der Waals surface area contributed by atoms with Crippen molar-refractivity contribution in [1.82, 2.24) is 10.2 Å². The molecule has 0 aromatic rings. The lowest BCUT2D eigenvalue weighted by atomic mass is 10.0. The van der Waals surface area contributed by atoms with Gasteiger partial charge in [0.1, 0.15) is 0 Å². The molecule has 0 aromatic carbocycles. The zero-order chi connectivity index (χ0) is 11.5. The molecule has 0 radical (unpaired) electrons. The number of β-amino-alcohol motifs (C(OH)–C–C–N with tert-alkyl or cyclic N) is 1. The van der Waals surface area contributed by atoms with E-state index in [-0.39, 0.29) is 5.54 Å². The second-order valence-electron chi connectivity index (χ2n) is 5.69. The van der Waals surface area contributed by atoms with Crippen LogP contribution in [-0.2, 0) is 0 Å². The average Bonchev–Trinajstić information content (AvgIpc) is 2.19. The summed E-state index contributed by atoms with van der Waals surface area (Å²) >= 11 is 0. The predicted molar refractivity (Wildman–Crippen MR) is 64.1 cm³/mol. The van der Waals surface area contributed by atoms with Crippen LogP contribution in [0.3, 0.4) is 0 Å². The van der Waals surface area contributed by atoms with E-state index in [4.69, 9.17) is 0 Å². The lowest BCUT2D eigenvalue weighted by molar-refractivity contribution is 0.00961. The Morgan fingerprint density at radius 1 is 1.27 bits per heavy atom. The zero-order valence-corrected chi connectivity index (χ0v) is 10.6. The molecule has 3 heteroatoms. The van der Waals surface area contributed by atoms with Crippen molar-refractivity contribution in [3.63, 3.8) is 0 Å². The fourth-order valence-corrected chi connectivity index (χ4v) is 2.16. The standard InChI is InChI=1S/C12H26N2O/c1-5-6-7-14-10-12(4,15)9-13-8-11(14,2)3/h13,15H,5-10H2,1-4H3. The van der Waals surface area contributed by atoms with Gasteiger partial charge >= 0.3 is 0 Å². The van der Waals surface area contributed by atoms with Crippen molar-refractivity contribution in [3.8, 4) is 0 Å². The predicted octanol–water partition coefficient (Wildman–Crippen LogP) is 1.22. The molecule has 1 heterocycles. The van der Waals surface area contributed by atoms with E-state index in [1.807, 2.05) is 6.92 Å². The van der Waals surface area contributed by atoms with Crippen molar-refractivity contribution in [2.24, 2.45) is 0 Å². The molecule has 1 atom stereocenters. The lowest BCUT2D eigenvalue weighted by Crippen LogP contribution is -2.51. The molecule has 0 bridgehead atoms. The number of nitrogens with one attached hydrogen (secondary N) is 1. The Bertz CT molecular complexity index is 202. The summed E-state index contributed by atoms with van der Waals surface area (Å²) in [6.07, 6.45) is 2.42. The topological polar surface area (TPSA) is 35.5 Å². The molecule has 0 aromatic heterocycles. The molecular formula is C12H26N2O. The third-order valence-corrected chi connectivity index (χ3v) is 3.23. The first-order chi connectivity index (χ1) is 6.87. The minimum atomic E-state index is -0.596. The summed E-state index contributed by atoms with van der Waals surface area (Å²) in [4.78, 5) is 2.41. The van der Waals surface area contributed by atoms with Crippen molar-refractivity contribution in [2.75, 3.05) is 26.2 Å². The van der Waals surface area contributed by atoms with Gasteiger partial charge in [0.25, 0.3) is 0 Å². The first-order valence-electron chi connectivity index (χ1n) is 6.05. The summed E-state index contributed by atoms with van der Waals surface area (Å²) < 4.78 is 0. The molecule has 0 amide bonds. The van der Waals surface area contributed by atoms with Crippen LogP contribution in [0.4, 0.5) is 0 Å². The molecule has 1 aliphatic rings. The largest absolute Gasteiger partial charge is 0.388 e. The Hall–Kier alpha value is -0.120. The van der Waals surface area contributed by atoms with E-state index in [1.165, 1.54) is 12.8 Å². The Morgan fingerprint density at radius 3 is 2.53 bits per heavy atom. The van der Waals surface area contributed by atoms with Crippen molar-refractivity contribution in [2.45, 2.75) is 51.7 Å². The van der Waals surface area contributed by atoms with Gasteiger partial charge in [-0.15, -0.1) is 0 Å². The van der Waals surface area contributed by atoms with Crippen LogP contribution in [0, 0.1) is 0 Å². The van der Waals surface area contributed by atoms with Gasteiger partial charge in [-0.3, -0.25) is 4.90 Å². The third-order valence-electron chi connectivity index (χ3n) is 3.23. The highest BCUT2D eigenvalue weighted by Gasteiger charge is 2.35. The quantitative estimate of drug-likeness (QED) is 0.741. The van der Waals surface area contributed by atoms with Crippen molar-refractivity contribution < 1.29 is 5.11 Å². The molecule has 2 N–H and O–H groups in total.